The van der Waals surface area contributed by atoms with Gasteiger partial charge in [-0.25, -0.2) is 4.79 Å². The Morgan fingerprint density at radius 2 is 2.00 bits per heavy atom. The fraction of sp³-hybridized carbons (Fsp3) is 0.833. The van der Waals surface area contributed by atoms with E-state index in [2.05, 4.69) is 0 Å². The largest absolute Gasteiger partial charge is 0.400 e. The van der Waals surface area contributed by atoms with E-state index < -0.39 is 6.16 Å². The minimum Gasteiger partial charge on any atom is -0.315 e. The van der Waals surface area contributed by atoms with Crippen LogP contribution in [0.5, 0.6) is 0 Å². The van der Waals surface area contributed by atoms with Gasteiger partial charge in [0.1, 0.15) is 0 Å². The quantitative estimate of drug-likeness (QED) is 0.304. The Morgan fingerprint density at radius 3 is 2.40 bits per heavy atom. The van der Waals surface area contributed by atoms with E-state index in [1.54, 1.807) is 0 Å². The number of hydrogen-bond donors (Lipinski definition) is 0. The number of hydrogen-bond acceptors (Lipinski definition) is 1. The number of likely N-dealkylation sites (tertiary alicyclic amines) is 1. The van der Waals surface area contributed by atoms with Crippen molar-refractivity contribution in [3.05, 3.63) is 0 Å². The van der Waals surface area contributed by atoms with E-state index in [4.69, 9.17) is 11.6 Å². The lowest BCUT2D eigenvalue weighted by Crippen LogP contribution is -2.36. The molecule has 0 N–H and O–H groups in total. The van der Waals surface area contributed by atoms with E-state index in [9.17, 15) is 9.18 Å². The second-order valence-electron chi connectivity index (χ2n) is 2.41. The van der Waals surface area contributed by atoms with E-state index in [0.717, 1.165) is 0 Å². The van der Waals surface area contributed by atoms with Crippen LogP contribution in [0.25, 0.3) is 0 Å². The van der Waals surface area contributed by atoms with Crippen LogP contribution in [0, 0.1) is 0 Å². The van der Waals surface area contributed by atoms with Gasteiger partial charge in [-0.05, 0) is 12.8 Å². The summed E-state index contributed by atoms with van der Waals surface area (Å²) in [7, 11) is 0. The van der Waals surface area contributed by atoms with Crippen LogP contribution in [0.3, 0.4) is 0 Å². The van der Waals surface area contributed by atoms with Crippen LogP contribution in [0.1, 0.15) is 12.8 Å². The molecule has 0 aromatic carbocycles. The summed E-state index contributed by atoms with van der Waals surface area (Å²) >= 11 is 5.73. The topological polar surface area (TPSA) is 20.3 Å². The molecule has 1 rings (SSSR count). The number of halogens is 2. The Morgan fingerprint density at radius 1 is 1.50 bits per heavy atom. The first-order chi connectivity index (χ1) is 4.70. The summed E-state index contributed by atoms with van der Waals surface area (Å²) in [5, 5.41) is 0.121. The molecule has 58 valence electrons. The standard InChI is InChI=1S/C6H9ClFNO/c7-5-1-3-9(4-2-5)6(8)10/h5H,1-4H2. The summed E-state index contributed by atoms with van der Waals surface area (Å²) in [6, 6.07) is 0. The van der Waals surface area contributed by atoms with Gasteiger partial charge in [0.15, 0.2) is 0 Å². The number of alkyl halides is 1. The molecule has 1 fully saturated rings. The molecule has 1 aliphatic rings. The number of nitrogens with zero attached hydrogens (tertiary/aromatic N) is 1. The average molecular weight is 166 g/mol. The van der Waals surface area contributed by atoms with Crippen molar-refractivity contribution in [3.63, 3.8) is 0 Å². The van der Waals surface area contributed by atoms with Gasteiger partial charge in [0.05, 0.1) is 0 Å². The molecule has 1 saturated heterocycles. The summed E-state index contributed by atoms with van der Waals surface area (Å²) in [5.74, 6) is 0. The Hall–Kier alpha value is -0.310. The van der Waals surface area contributed by atoms with E-state index in [-0.39, 0.29) is 5.38 Å². The molecule has 0 aromatic rings. The lowest BCUT2D eigenvalue weighted by Gasteiger charge is -2.25. The van der Waals surface area contributed by atoms with E-state index in [1.807, 2.05) is 0 Å². The molecule has 1 aliphatic heterocycles. The maximum Gasteiger partial charge on any atom is 0.400 e. The summed E-state index contributed by atoms with van der Waals surface area (Å²) in [6.45, 7) is 0.924. The second kappa shape index (κ2) is 3.19. The van der Waals surface area contributed by atoms with Gasteiger partial charge in [0.25, 0.3) is 0 Å². The SMILES string of the molecule is O=C(F)N1CCC(Cl)CC1. The highest BCUT2D eigenvalue weighted by Gasteiger charge is 2.20. The number of carbonyl (C=O) groups is 1. The maximum absolute atomic E-state index is 12.0. The maximum atomic E-state index is 12.0. The third-order valence-corrected chi connectivity index (χ3v) is 2.11. The third-order valence-electron chi connectivity index (χ3n) is 1.67. The fourth-order valence-corrected chi connectivity index (χ4v) is 1.22. The van der Waals surface area contributed by atoms with Gasteiger partial charge in [-0.3, -0.25) is 0 Å². The highest BCUT2D eigenvalue weighted by Crippen LogP contribution is 2.15. The van der Waals surface area contributed by atoms with E-state index in [1.165, 1.54) is 4.90 Å². The van der Waals surface area contributed by atoms with Crippen LogP contribution in [0.15, 0.2) is 0 Å². The molecular formula is C6H9ClFNO. The zero-order chi connectivity index (χ0) is 7.56. The molecule has 0 radical (unpaired) electrons. The number of amides is 1. The molecule has 0 bridgehead atoms. The molecule has 2 nitrogen and oxygen atoms in total. The first-order valence-electron chi connectivity index (χ1n) is 3.28. The third kappa shape index (κ3) is 1.84. The van der Waals surface area contributed by atoms with E-state index in [0.29, 0.717) is 25.9 Å². The highest BCUT2D eigenvalue weighted by atomic mass is 35.5. The molecule has 0 atom stereocenters. The van der Waals surface area contributed by atoms with Crippen LogP contribution in [0.2, 0.25) is 0 Å². The normalized spacial score (nSPS) is 21.2. The molecule has 0 spiro atoms. The Bertz CT molecular complexity index is 134. The van der Waals surface area contributed by atoms with Gasteiger partial charge < -0.3 is 4.90 Å². The highest BCUT2D eigenvalue weighted by molar-refractivity contribution is 6.20. The van der Waals surface area contributed by atoms with Crippen LogP contribution < -0.4 is 0 Å². The van der Waals surface area contributed by atoms with Gasteiger partial charge >= 0.3 is 6.16 Å². The minimum atomic E-state index is -1.33. The van der Waals surface area contributed by atoms with Crippen molar-refractivity contribution >= 4 is 17.8 Å². The predicted octanol–water partition coefficient (Wildman–Crippen LogP) is 1.78. The first kappa shape index (κ1) is 7.79. The summed E-state index contributed by atoms with van der Waals surface area (Å²) in [6.07, 6.45) is 0.0811. The van der Waals surface area contributed by atoms with Crippen LogP contribution in [-0.2, 0) is 0 Å². The van der Waals surface area contributed by atoms with Crippen molar-refractivity contribution in [2.45, 2.75) is 18.2 Å². The van der Waals surface area contributed by atoms with Gasteiger partial charge in [0, 0.05) is 18.5 Å². The monoisotopic (exact) mass is 165 g/mol. The van der Waals surface area contributed by atoms with Crippen LogP contribution >= 0.6 is 11.6 Å². The van der Waals surface area contributed by atoms with Crippen molar-refractivity contribution < 1.29 is 9.18 Å². The Balaban J connectivity index is 2.33. The summed E-state index contributed by atoms with van der Waals surface area (Å²) < 4.78 is 12.0. The summed E-state index contributed by atoms with van der Waals surface area (Å²) in [5.41, 5.74) is 0. The lowest BCUT2D eigenvalue weighted by molar-refractivity contribution is 0.164. The number of carbonyl (C=O) groups excluding carboxylic acids is 1. The molecule has 1 heterocycles. The van der Waals surface area contributed by atoms with Crippen molar-refractivity contribution in [2.75, 3.05) is 13.1 Å². The summed E-state index contributed by atoms with van der Waals surface area (Å²) in [4.78, 5) is 11.3. The predicted molar refractivity (Wildman–Crippen MR) is 37.0 cm³/mol. The average Bonchev–Trinajstić information content (AvgIpc) is 1.88. The molecule has 0 unspecified atom stereocenters. The fourth-order valence-electron chi connectivity index (χ4n) is 1.02. The van der Waals surface area contributed by atoms with Crippen molar-refractivity contribution in [2.24, 2.45) is 0 Å². The smallest absolute Gasteiger partial charge is 0.315 e. The van der Waals surface area contributed by atoms with Gasteiger partial charge in [-0.2, -0.15) is 0 Å². The van der Waals surface area contributed by atoms with Gasteiger partial charge in [-0.15, -0.1) is 16.0 Å². The van der Waals surface area contributed by atoms with Crippen LogP contribution in [-0.4, -0.2) is 29.5 Å². The Kier molecular flexibility index (Phi) is 2.49. The zero-order valence-electron chi connectivity index (χ0n) is 5.52. The lowest BCUT2D eigenvalue weighted by atomic mass is 10.1. The van der Waals surface area contributed by atoms with E-state index >= 15 is 0 Å². The van der Waals surface area contributed by atoms with Crippen LogP contribution in [0.4, 0.5) is 9.18 Å². The van der Waals surface area contributed by atoms with Crippen molar-refractivity contribution in [1.82, 2.24) is 4.90 Å². The zero-order valence-corrected chi connectivity index (χ0v) is 6.27. The number of piperidine rings is 1. The minimum absolute atomic E-state index is 0.121. The van der Waals surface area contributed by atoms with Crippen molar-refractivity contribution in [1.29, 1.82) is 0 Å². The number of rotatable bonds is 0. The molecule has 0 saturated carbocycles. The first-order valence-corrected chi connectivity index (χ1v) is 3.72. The second-order valence-corrected chi connectivity index (χ2v) is 3.03. The molecular weight excluding hydrogens is 157 g/mol. The van der Waals surface area contributed by atoms with Gasteiger partial charge in [0.2, 0.25) is 0 Å². The Labute approximate surface area is 63.9 Å². The van der Waals surface area contributed by atoms with Gasteiger partial charge in [-0.1, -0.05) is 0 Å². The van der Waals surface area contributed by atoms with Crippen molar-refractivity contribution in [3.8, 4) is 0 Å². The molecule has 10 heavy (non-hydrogen) atoms. The molecule has 0 aliphatic carbocycles. The molecule has 0 aromatic heterocycles. The molecule has 4 heteroatoms. The molecule has 1 amide bonds.